The van der Waals surface area contributed by atoms with Gasteiger partial charge in [-0.1, -0.05) is 23.7 Å². The van der Waals surface area contributed by atoms with Gasteiger partial charge in [-0.2, -0.15) is 0 Å². The fourth-order valence-electron chi connectivity index (χ4n) is 4.18. The molecule has 2 N–H and O–H groups in total. The topological polar surface area (TPSA) is 103 Å². The monoisotopic (exact) mass is 498 g/mol. The molecule has 0 aliphatic carbocycles. The normalized spacial score (nSPS) is 15.2. The first-order chi connectivity index (χ1) is 16.7. The number of nitrogens with zero attached hydrogens (tertiary/aromatic N) is 4. The SMILES string of the molecule is CC(C)(C)OC(=O)NC[C@H](Cc1ccc(Cl)cc1)C(=O)N1CCN(c2ncnc3[nH]ccc23)CC1. The molecule has 1 saturated heterocycles. The summed E-state index contributed by atoms with van der Waals surface area (Å²) in [4.78, 5) is 41.7. The lowest BCUT2D eigenvalue weighted by Gasteiger charge is -2.37. The standard InChI is InChI=1S/C25H31ClN6O3/c1-25(2,3)35-24(34)28-15-18(14-17-4-6-19(26)7-5-17)23(33)32-12-10-31(11-13-32)22-20-8-9-27-21(20)29-16-30-22/h4-9,16,18H,10-15H2,1-3H3,(H,28,34)(H,27,29,30)/t18-/m0/s1. The van der Waals surface area contributed by atoms with Gasteiger partial charge in [0.25, 0.3) is 0 Å². The maximum Gasteiger partial charge on any atom is 0.407 e. The number of aromatic nitrogens is 3. The number of piperazine rings is 1. The van der Waals surface area contributed by atoms with E-state index >= 15 is 0 Å². The number of hydrogen-bond donors (Lipinski definition) is 2. The Morgan fingerprint density at radius 2 is 1.83 bits per heavy atom. The number of nitrogens with one attached hydrogen (secondary N) is 2. The van der Waals surface area contributed by atoms with Crippen LogP contribution in [-0.2, 0) is 16.0 Å². The van der Waals surface area contributed by atoms with Gasteiger partial charge in [0.15, 0.2) is 0 Å². The Labute approximate surface area is 209 Å². The van der Waals surface area contributed by atoms with Crippen molar-refractivity contribution in [2.24, 2.45) is 5.92 Å². The first-order valence-electron chi connectivity index (χ1n) is 11.7. The second kappa shape index (κ2) is 10.5. The molecule has 0 saturated carbocycles. The van der Waals surface area contributed by atoms with Crippen molar-refractivity contribution in [3.8, 4) is 0 Å². The third-order valence-corrected chi connectivity index (χ3v) is 6.11. The average molecular weight is 499 g/mol. The number of carbonyl (C=O) groups excluding carboxylic acids is 2. The van der Waals surface area contributed by atoms with Gasteiger partial charge < -0.3 is 24.8 Å². The van der Waals surface area contributed by atoms with Gasteiger partial charge in [0, 0.05) is 43.9 Å². The summed E-state index contributed by atoms with van der Waals surface area (Å²) in [5.41, 5.74) is 1.17. The van der Waals surface area contributed by atoms with Crippen molar-refractivity contribution in [3.05, 3.63) is 53.4 Å². The van der Waals surface area contributed by atoms with Crippen molar-refractivity contribution in [3.63, 3.8) is 0 Å². The first-order valence-corrected chi connectivity index (χ1v) is 12.1. The molecule has 2 aromatic heterocycles. The van der Waals surface area contributed by atoms with Gasteiger partial charge >= 0.3 is 6.09 Å². The second-order valence-electron chi connectivity index (χ2n) is 9.66. The molecule has 0 spiro atoms. The molecule has 1 aromatic carbocycles. The smallest absolute Gasteiger partial charge is 0.407 e. The van der Waals surface area contributed by atoms with E-state index in [4.69, 9.17) is 16.3 Å². The maximum absolute atomic E-state index is 13.5. The predicted octanol–water partition coefficient (Wildman–Crippen LogP) is 3.64. The lowest BCUT2D eigenvalue weighted by molar-refractivity contribution is -0.135. The van der Waals surface area contributed by atoms with Gasteiger partial charge in [0.05, 0.1) is 11.3 Å². The zero-order valence-electron chi connectivity index (χ0n) is 20.3. The number of ether oxygens (including phenoxy) is 1. The number of amides is 2. The van der Waals surface area contributed by atoms with Crippen molar-refractivity contribution in [1.29, 1.82) is 0 Å². The Hall–Kier alpha value is -3.33. The quantitative estimate of drug-likeness (QED) is 0.537. The molecule has 35 heavy (non-hydrogen) atoms. The predicted molar refractivity (Wildman–Crippen MR) is 136 cm³/mol. The number of fused-ring (bicyclic) bond motifs is 1. The first kappa shape index (κ1) is 24.8. The van der Waals surface area contributed by atoms with E-state index in [9.17, 15) is 9.59 Å². The average Bonchev–Trinajstić information content (AvgIpc) is 3.31. The highest BCUT2D eigenvalue weighted by atomic mass is 35.5. The van der Waals surface area contributed by atoms with Gasteiger partial charge in [-0.3, -0.25) is 4.79 Å². The third-order valence-electron chi connectivity index (χ3n) is 5.86. The van der Waals surface area contributed by atoms with Crippen LogP contribution in [0.4, 0.5) is 10.6 Å². The Bertz CT molecular complexity index is 1170. The second-order valence-corrected chi connectivity index (χ2v) is 10.1. The van der Waals surface area contributed by atoms with E-state index in [1.165, 1.54) is 0 Å². The lowest BCUT2D eigenvalue weighted by Crippen LogP contribution is -2.52. The largest absolute Gasteiger partial charge is 0.444 e. The molecular weight excluding hydrogens is 468 g/mol. The fourth-order valence-corrected chi connectivity index (χ4v) is 4.31. The van der Waals surface area contributed by atoms with Crippen LogP contribution in [0.5, 0.6) is 0 Å². The number of rotatable bonds is 6. The van der Waals surface area contributed by atoms with Crippen LogP contribution in [-0.4, -0.2) is 70.2 Å². The Morgan fingerprint density at radius 3 is 2.51 bits per heavy atom. The number of benzene rings is 1. The highest BCUT2D eigenvalue weighted by Crippen LogP contribution is 2.24. The summed E-state index contributed by atoms with van der Waals surface area (Å²) in [7, 11) is 0. The molecule has 4 rings (SSSR count). The van der Waals surface area contributed by atoms with E-state index in [1.54, 1.807) is 27.1 Å². The third kappa shape index (κ3) is 6.42. The molecule has 0 bridgehead atoms. The summed E-state index contributed by atoms with van der Waals surface area (Å²) >= 11 is 6.03. The molecule has 1 aliphatic heterocycles. The zero-order valence-corrected chi connectivity index (χ0v) is 21.0. The molecule has 3 aromatic rings. The minimum atomic E-state index is -0.609. The van der Waals surface area contributed by atoms with E-state index in [0.29, 0.717) is 37.6 Å². The molecule has 186 valence electrons. The van der Waals surface area contributed by atoms with E-state index in [-0.39, 0.29) is 12.5 Å². The van der Waals surface area contributed by atoms with Crippen molar-refractivity contribution in [2.75, 3.05) is 37.6 Å². The summed E-state index contributed by atoms with van der Waals surface area (Å²) in [6, 6.07) is 9.40. The van der Waals surface area contributed by atoms with Crippen LogP contribution < -0.4 is 10.2 Å². The molecule has 1 atom stereocenters. The van der Waals surface area contributed by atoms with E-state index in [2.05, 4.69) is 25.2 Å². The molecule has 2 amide bonds. The van der Waals surface area contributed by atoms with E-state index < -0.39 is 17.6 Å². The highest BCUT2D eigenvalue weighted by Gasteiger charge is 2.29. The zero-order chi connectivity index (χ0) is 25.0. The Kier molecular flexibility index (Phi) is 7.45. The number of anilines is 1. The number of carbonyl (C=O) groups is 2. The fraction of sp³-hybridized carbons (Fsp3) is 0.440. The molecule has 3 heterocycles. The molecule has 0 radical (unpaired) electrons. The van der Waals surface area contributed by atoms with Crippen molar-refractivity contribution in [1.82, 2.24) is 25.2 Å². The van der Waals surface area contributed by atoms with Crippen LogP contribution in [0.15, 0.2) is 42.9 Å². The molecule has 9 nitrogen and oxygen atoms in total. The van der Waals surface area contributed by atoms with Crippen LogP contribution in [0.2, 0.25) is 5.02 Å². The molecule has 1 aliphatic rings. The summed E-state index contributed by atoms with van der Waals surface area (Å²) < 4.78 is 5.36. The van der Waals surface area contributed by atoms with Crippen LogP contribution in [0.1, 0.15) is 26.3 Å². The summed E-state index contributed by atoms with van der Waals surface area (Å²) in [5, 5.41) is 4.38. The number of halogens is 1. The van der Waals surface area contributed by atoms with E-state index in [0.717, 1.165) is 22.4 Å². The molecule has 10 heteroatoms. The molecule has 1 fully saturated rings. The minimum absolute atomic E-state index is 0.00476. The van der Waals surface area contributed by atoms with Crippen molar-refractivity contribution >= 4 is 40.5 Å². The number of H-pyrrole nitrogens is 1. The van der Waals surface area contributed by atoms with Gasteiger partial charge in [0.2, 0.25) is 5.91 Å². The number of alkyl carbamates (subject to hydrolysis) is 1. The van der Waals surface area contributed by atoms with Crippen LogP contribution in [0.25, 0.3) is 11.0 Å². The van der Waals surface area contributed by atoms with Gasteiger partial charge in [-0.05, 0) is 51.0 Å². The van der Waals surface area contributed by atoms with Gasteiger partial charge in [-0.15, -0.1) is 0 Å². The highest BCUT2D eigenvalue weighted by molar-refractivity contribution is 6.30. The van der Waals surface area contributed by atoms with Gasteiger partial charge in [-0.25, -0.2) is 14.8 Å². The van der Waals surface area contributed by atoms with Crippen LogP contribution in [0, 0.1) is 5.92 Å². The molecule has 0 unspecified atom stereocenters. The number of hydrogen-bond acceptors (Lipinski definition) is 6. The van der Waals surface area contributed by atoms with Gasteiger partial charge in [0.1, 0.15) is 23.4 Å². The van der Waals surface area contributed by atoms with E-state index in [1.807, 2.05) is 41.4 Å². The van der Waals surface area contributed by atoms with Crippen LogP contribution >= 0.6 is 11.6 Å². The Balaban J connectivity index is 1.42. The summed E-state index contributed by atoms with van der Waals surface area (Å²) in [5.74, 6) is 0.448. The summed E-state index contributed by atoms with van der Waals surface area (Å²) in [6.45, 7) is 8.07. The Morgan fingerprint density at radius 1 is 1.11 bits per heavy atom. The lowest BCUT2D eigenvalue weighted by atomic mass is 9.97. The van der Waals surface area contributed by atoms with Crippen LogP contribution in [0.3, 0.4) is 0 Å². The van der Waals surface area contributed by atoms with Crippen molar-refractivity contribution < 1.29 is 14.3 Å². The number of aromatic amines is 1. The van der Waals surface area contributed by atoms with Crippen molar-refractivity contribution in [2.45, 2.75) is 32.8 Å². The maximum atomic E-state index is 13.5. The molecular formula is C25H31ClN6O3. The summed E-state index contributed by atoms with van der Waals surface area (Å²) in [6.07, 6.45) is 3.36. The minimum Gasteiger partial charge on any atom is -0.444 e.